The van der Waals surface area contributed by atoms with Crippen molar-refractivity contribution in [2.24, 2.45) is 0 Å². The third-order valence-corrected chi connectivity index (χ3v) is 4.04. The van der Waals surface area contributed by atoms with Crippen molar-refractivity contribution in [3.63, 3.8) is 0 Å². The molecule has 0 aliphatic carbocycles. The van der Waals surface area contributed by atoms with E-state index >= 15 is 0 Å². The summed E-state index contributed by atoms with van der Waals surface area (Å²) in [5, 5.41) is 14.5. The molecule has 0 saturated heterocycles. The van der Waals surface area contributed by atoms with Crippen LogP contribution in [0, 0.1) is 10.1 Å². The van der Waals surface area contributed by atoms with Gasteiger partial charge in [0, 0.05) is 10.2 Å². The molecule has 1 heterocycles. The third-order valence-electron chi connectivity index (χ3n) is 3.55. The van der Waals surface area contributed by atoms with Crippen molar-refractivity contribution >= 4 is 39.1 Å². The van der Waals surface area contributed by atoms with E-state index < -0.39 is 16.6 Å². The maximum atomic E-state index is 11.6. The fourth-order valence-corrected chi connectivity index (χ4v) is 2.68. The van der Waals surface area contributed by atoms with Crippen LogP contribution in [0.5, 0.6) is 11.6 Å². The van der Waals surface area contributed by atoms with Crippen molar-refractivity contribution in [3.05, 3.63) is 75.0 Å². The Kier molecular flexibility index (Phi) is 5.80. The van der Waals surface area contributed by atoms with Crippen LogP contribution >= 0.6 is 15.9 Å². The molecular formula is C18H13BrN4O5. The number of halogens is 1. The zero-order chi connectivity index (χ0) is 20.1. The average Bonchev–Trinajstić information content (AvgIpc) is 2.68. The molecule has 0 unspecified atom stereocenters. The van der Waals surface area contributed by atoms with Gasteiger partial charge in [0.15, 0.2) is 0 Å². The molecule has 0 bridgehead atoms. The maximum Gasteiger partial charge on any atom is 0.373 e. The SMILES string of the molecule is COC(=O)c1ccc(Oc2ncnc(Nc3cccc(Br)c3)c2[N+](=O)[O-])cc1. The van der Waals surface area contributed by atoms with Gasteiger partial charge in [0.2, 0.25) is 5.82 Å². The second-order valence-corrected chi connectivity index (χ2v) is 6.30. The number of benzene rings is 2. The van der Waals surface area contributed by atoms with Crippen molar-refractivity contribution in [2.45, 2.75) is 0 Å². The van der Waals surface area contributed by atoms with Gasteiger partial charge in [0.25, 0.3) is 0 Å². The molecule has 0 aliphatic heterocycles. The van der Waals surface area contributed by atoms with Gasteiger partial charge in [0.05, 0.1) is 17.6 Å². The van der Waals surface area contributed by atoms with Crippen molar-refractivity contribution in [3.8, 4) is 11.6 Å². The highest BCUT2D eigenvalue weighted by Gasteiger charge is 2.25. The Morgan fingerprint density at radius 2 is 1.93 bits per heavy atom. The summed E-state index contributed by atoms with van der Waals surface area (Å²) >= 11 is 3.34. The van der Waals surface area contributed by atoms with Crippen molar-refractivity contribution in [1.82, 2.24) is 9.97 Å². The molecule has 0 fully saturated rings. The number of nitrogens with zero attached hydrogens (tertiary/aromatic N) is 3. The summed E-state index contributed by atoms with van der Waals surface area (Å²) < 4.78 is 11.0. The molecule has 1 aromatic heterocycles. The van der Waals surface area contributed by atoms with Crippen LogP contribution in [0.15, 0.2) is 59.3 Å². The third kappa shape index (κ3) is 4.41. The topological polar surface area (TPSA) is 116 Å². The number of nitro groups is 1. The van der Waals surface area contributed by atoms with E-state index in [-0.39, 0.29) is 17.4 Å². The Labute approximate surface area is 167 Å². The number of hydrogen-bond acceptors (Lipinski definition) is 8. The predicted octanol–water partition coefficient (Wildman–Crippen LogP) is 4.47. The first-order chi connectivity index (χ1) is 13.5. The van der Waals surface area contributed by atoms with Crippen LogP contribution in [0.4, 0.5) is 17.2 Å². The van der Waals surface area contributed by atoms with Crippen molar-refractivity contribution in [1.29, 1.82) is 0 Å². The zero-order valence-electron chi connectivity index (χ0n) is 14.5. The quantitative estimate of drug-likeness (QED) is 0.336. The number of anilines is 2. The van der Waals surface area contributed by atoms with E-state index in [1.807, 2.05) is 6.07 Å². The number of nitrogens with one attached hydrogen (secondary N) is 1. The van der Waals surface area contributed by atoms with Crippen molar-refractivity contribution < 1.29 is 19.2 Å². The zero-order valence-corrected chi connectivity index (χ0v) is 16.0. The normalized spacial score (nSPS) is 10.2. The first-order valence-corrected chi connectivity index (χ1v) is 8.65. The summed E-state index contributed by atoms with van der Waals surface area (Å²) in [6, 6.07) is 13.0. The van der Waals surface area contributed by atoms with E-state index in [1.165, 1.54) is 31.4 Å². The number of carbonyl (C=O) groups is 1. The molecule has 3 rings (SSSR count). The number of rotatable bonds is 6. The predicted molar refractivity (Wildman–Crippen MR) is 104 cm³/mol. The van der Waals surface area contributed by atoms with Gasteiger partial charge in [-0.05, 0) is 42.5 Å². The van der Waals surface area contributed by atoms with E-state index in [9.17, 15) is 14.9 Å². The summed E-state index contributed by atoms with van der Waals surface area (Å²) in [7, 11) is 1.27. The second-order valence-electron chi connectivity index (χ2n) is 5.39. The fourth-order valence-electron chi connectivity index (χ4n) is 2.28. The van der Waals surface area contributed by atoms with Gasteiger partial charge in [-0.2, -0.15) is 4.98 Å². The first-order valence-electron chi connectivity index (χ1n) is 7.86. The van der Waals surface area contributed by atoms with E-state index in [4.69, 9.17) is 4.74 Å². The van der Waals surface area contributed by atoms with Gasteiger partial charge < -0.3 is 14.8 Å². The smallest absolute Gasteiger partial charge is 0.373 e. The van der Waals surface area contributed by atoms with Gasteiger partial charge in [-0.25, -0.2) is 9.78 Å². The molecule has 3 aromatic rings. The summed E-state index contributed by atoms with van der Waals surface area (Å²) in [4.78, 5) is 30.3. The van der Waals surface area contributed by atoms with Crippen LogP contribution in [0.2, 0.25) is 0 Å². The van der Waals surface area contributed by atoms with E-state index in [1.54, 1.807) is 18.2 Å². The number of aromatic nitrogens is 2. The minimum atomic E-state index is -0.627. The monoisotopic (exact) mass is 444 g/mol. The molecule has 0 aliphatic rings. The van der Waals surface area contributed by atoms with Crippen LogP contribution in [0.25, 0.3) is 0 Å². The highest BCUT2D eigenvalue weighted by molar-refractivity contribution is 9.10. The molecule has 2 aromatic carbocycles. The molecule has 9 nitrogen and oxygen atoms in total. The molecule has 10 heteroatoms. The summed E-state index contributed by atoms with van der Waals surface area (Å²) in [5.74, 6) is -0.481. The summed E-state index contributed by atoms with van der Waals surface area (Å²) in [5.41, 5.74) is 0.508. The molecule has 0 amide bonds. The van der Waals surface area contributed by atoms with Crippen LogP contribution in [0.3, 0.4) is 0 Å². The standard InChI is InChI=1S/C18H13BrN4O5/c1-27-18(24)11-5-7-14(8-6-11)28-17-15(23(25)26)16(20-10-21-17)22-13-4-2-3-12(19)9-13/h2-10H,1H3,(H,20,21,22). The Bertz CT molecular complexity index is 1030. The molecule has 0 spiro atoms. The van der Waals surface area contributed by atoms with Gasteiger partial charge in [-0.15, -0.1) is 0 Å². The lowest BCUT2D eigenvalue weighted by molar-refractivity contribution is -0.385. The number of carbonyl (C=O) groups excluding carboxylic acids is 1. The molecule has 0 atom stereocenters. The molecule has 0 saturated carbocycles. The summed E-state index contributed by atoms with van der Waals surface area (Å²) in [6.07, 6.45) is 1.16. The highest BCUT2D eigenvalue weighted by Crippen LogP contribution is 2.35. The average molecular weight is 445 g/mol. The number of ether oxygens (including phenoxy) is 2. The van der Waals surface area contributed by atoms with Gasteiger partial charge >= 0.3 is 17.5 Å². The molecule has 0 radical (unpaired) electrons. The maximum absolute atomic E-state index is 11.6. The Morgan fingerprint density at radius 1 is 1.18 bits per heavy atom. The van der Waals surface area contributed by atoms with Gasteiger partial charge in [0.1, 0.15) is 12.1 Å². The van der Waals surface area contributed by atoms with E-state index in [2.05, 4.69) is 36.0 Å². The van der Waals surface area contributed by atoms with Gasteiger partial charge in [-0.1, -0.05) is 22.0 Å². The Hall–Kier alpha value is -3.53. The van der Waals surface area contributed by atoms with E-state index in [0.717, 1.165) is 10.8 Å². The fraction of sp³-hybridized carbons (Fsp3) is 0.0556. The Balaban J connectivity index is 1.91. The van der Waals surface area contributed by atoms with Crippen LogP contribution in [-0.2, 0) is 4.74 Å². The van der Waals surface area contributed by atoms with Crippen molar-refractivity contribution in [2.75, 3.05) is 12.4 Å². The molecule has 28 heavy (non-hydrogen) atoms. The molecule has 142 valence electrons. The molecule has 1 N–H and O–H groups in total. The lowest BCUT2D eigenvalue weighted by atomic mass is 10.2. The van der Waals surface area contributed by atoms with Gasteiger partial charge in [-0.3, -0.25) is 10.1 Å². The first kappa shape index (κ1) is 19.2. The number of methoxy groups -OCH3 is 1. The largest absolute Gasteiger partial charge is 0.465 e. The number of esters is 1. The number of hydrogen-bond donors (Lipinski definition) is 1. The van der Waals surface area contributed by atoms with Crippen LogP contribution in [-0.4, -0.2) is 28.0 Å². The second kappa shape index (κ2) is 8.44. The Morgan fingerprint density at radius 3 is 2.57 bits per heavy atom. The minimum absolute atomic E-state index is 0.0146. The van der Waals surface area contributed by atoms with E-state index in [0.29, 0.717) is 11.3 Å². The van der Waals surface area contributed by atoms with Crippen LogP contribution < -0.4 is 10.1 Å². The minimum Gasteiger partial charge on any atom is -0.465 e. The molecular weight excluding hydrogens is 432 g/mol. The highest BCUT2D eigenvalue weighted by atomic mass is 79.9. The lowest BCUT2D eigenvalue weighted by Gasteiger charge is -2.10. The summed E-state index contributed by atoms with van der Waals surface area (Å²) in [6.45, 7) is 0. The van der Waals surface area contributed by atoms with Crippen LogP contribution in [0.1, 0.15) is 10.4 Å². The lowest BCUT2D eigenvalue weighted by Crippen LogP contribution is -2.04.